The largest absolute Gasteiger partial charge is 0.347 e. The highest BCUT2D eigenvalue weighted by molar-refractivity contribution is 6.40. The Kier molecular flexibility index (Phi) is 4.97. The number of amides is 2. The summed E-state index contributed by atoms with van der Waals surface area (Å²) in [7, 11) is 0. The van der Waals surface area contributed by atoms with E-state index in [1.54, 1.807) is 23.0 Å². The van der Waals surface area contributed by atoms with Gasteiger partial charge in [-0.2, -0.15) is 10.2 Å². The van der Waals surface area contributed by atoms with Crippen molar-refractivity contribution in [1.82, 2.24) is 15.1 Å². The van der Waals surface area contributed by atoms with Gasteiger partial charge in [-0.25, -0.2) is 9.69 Å². The third-order valence-electron chi connectivity index (χ3n) is 4.45. The molecule has 0 aliphatic carbocycles. The number of hydrazone groups is 1. The molecule has 0 fully saturated rings. The average Bonchev–Trinajstić information content (AvgIpc) is 3.28. The van der Waals surface area contributed by atoms with Crippen LogP contribution in [-0.2, 0) is 16.1 Å². The van der Waals surface area contributed by atoms with Crippen LogP contribution >= 0.6 is 0 Å². The lowest BCUT2D eigenvalue weighted by Crippen LogP contribution is -2.38. The minimum atomic E-state index is -0.260. The van der Waals surface area contributed by atoms with Crippen LogP contribution in [0.3, 0.4) is 0 Å². The van der Waals surface area contributed by atoms with Gasteiger partial charge in [0.05, 0.1) is 11.4 Å². The summed E-state index contributed by atoms with van der Waals surface area (Å²) in [6.07, 6.45) is 4.20. The lowest BCUT2D eigenvalue weighted by molar-refractivity contribution is -0.119. The van der Waals surface area contributed by atoms with Gasteiger partial charge in [0.15, 0.2) is 0 Å². The van der Waals surface area contributed by atoms with E-state index in [-0.39, 0.29) is 18.2 Å². The second-order valence-corrected chi connectivity index (χ2v) is 6.39. The third-order valence-corrected chi connectivity index (χ3v) is 4.45. The molecule has 1 N–H and O–H groups in total. The highest BCUT2D eigenvalue weighted by Crippen LogP contribution is 2.19. The zero-order valence-electron chi connectivity index (χ0n) is 15.2. The van der Waals surface area contributed by atoms with Gasteiger partial charge in [0.25, 0.3) is 5.91 Å². The number of aromatic nitrogens is 2. The van der Waals surface area contributed by atoms with Crippen molar-refractivity contribution in [3.8, 4) is 5.69 Å². The van der Waals surface area contributed by atoms with Crippen molar-refractivity contribution in [1.29, 1.82) is 0 Å². The Morgan fingerprint density at radius 2 is 1.75 bits per heavy atom. The molecule has 28 heavy (non-hydrogen) atoms. The predicted octanol–water partition coefficient (Wildman–Crippen LogP) is 2.67. The fourth-order valence-electron chi connectivity index (χ4n) is 2.96. The summed E-state index contributed by atoms with van der Waals surface area (Å²) < 4.78 is 1.77. The van der Waals surface area contributed by atoms with Crippen LogP contribution in [0, 0.1) is 0 Å². The normalized spacial score (nSPS) is 13.9. The quantitative estimate of drug-likeness (QED) is 0.747. The summed E-state index contributed by atoms with van der Waals surface area (Å²) in [6, 6.07) is 18.8. The molecule has 2 amide bonds. The first-order valence-corrected chi connectivity index (χ1v) is 9.03. The number of benzene rings is 2. The molecule has 1 aliphatic rings. The smallest absolute Gasteiger partial charge is 0.267 e. The second kappa shape index (κ2) is 7.87. The number of rotatable bonds is 5. The summed E-state index contributed by atoms with van der Waals surface area (Å²) in [5.41, 5.74) is 2.94. The number of carbonyl (C=O) groups excluding carboxylic acids is 2. The van der Waals surface area contributed by atoms with Gasteiger partial charge in [-0.1, -0.05) is 30.3 Å². The number of nitrogens with one attached hydrogen (secondary N) is 1. The van der Waals surface area contributed by atoms with Crippen LogP contribution in [0.5, 0.6) is 0 Å². The third kappa shape index (κ3) is 3.83. The van der Waals surface area contributed by atoms with Crippen LogP contribution in [-0.4, -0.2) is 27.3 Å². The lowest BCUT2D eigenvalue weighted by Gasteiger charge is -2.23. The molecule has 0 bridgehead atoms. The molecule has 4 rings (SSSR count). The first-order chi connectivity index (χ1) is 13.7. The maximum atomic E-state index is 12.5. The number of nitrogens with zero attached hydrogens (tertiary/aromatic N) is 4. The summed E-state index contributed by atoms with van der Waals surface area (Å²) >= 11 is 0. The Bertz CT molecular complexity index is 995. The molecule has 1 aromatic heterocycles. The molecule has 3 aromatic rings. The molecule has 0 atom stereocenters. The average molecular weight is 373 g/mol. The SMILES string of the molecule is O=C(NCc1ccc(-n2cccn2)cc1)C1=NN(c2ccccc2)C(=O)CC1. The first-order valence-electron chi connectivity index (χ1n) is 9.03. The van der Waals surface area contributed by atoms with E-state index < -0.39 is 0 Å². The topological polar surface area (TPSA) is 79.6 Å². The van der Waals surface area contributed by atoms with E-state index in [9.17, 15) is 9.59 Å². The van der Waals surface area contributed by atoms with E-state index in [1.807, 2.05) is 54.7 Å². The van der Waals surface area contributed by atoms with Crippen molar-refractivity contribution in [2.45, 2.75) is 19.4 Å². The molecule has 7 heteroatoms. The fraction of sp³-hybridized carbons (Fsp3) is 0.143. The zero-order chi connectivity index (χ0) is 19.3. The number of hydrogen-bond donors (Lipinski definition) is 1. The maximum absolute atomic E-state index is 12.5. The van der Waals surface area contributed by atoms with Crippen molar-refractivity contribution in [3.63, 3.8) is 0 Å². The molecular weight excluding hydrogens is 354 g/mol. The second-order valence-electron chi connectivity index (χ2n) is 6.39. The molecule has 0 saturated carbocycles. The van der Waals surface area contributed by atoms with Gasteiger partial charge in [0, 0.05) is 31.8 Å². The minimum absolute atomic E-state index is 0.114. The fourth-order valence-corrected chi connectivity index (χ4v) is 2.96. The van der Waals surface area contributed by atoms with Gasteiger partial charge in [-0.05, 0) is 35.9 Å². The van der Waals surface area contributed by atoms with E-state index in [4.69, 9.17) is 0 Å². The van der Waals surface area contributed by atoms with Gasteiger partial charge in [-0.3, -0.25) is 9.59 Å². The molecule has 0 saturated heterocycles. The van der Waals surface area contributed by atoms with Crippen molar-refractivity contribution < 1.29 is 9.59 Å². The Balaban J connectivity index is 1.41. The van der Waals surface area contributed by atoms with Gasteiger partial charge >= 0.3 is 0 Å². The minimum Gasteiger partial charge on any atom is -0.347 e. The van der Waals surface area contributed by atoms with Gasteiger partial charge in [-0.15, -0.1) is 0 Å². The molecule has 7 nitrogen and oxygen atoms in total. The summed E-state index contributed by atoms with van der Waals surface area (Å²) in [5, 5.41) is 12.6. The van der Waals surface area contributed by atoms with Crippen molar-refractivity contribution in [3.05, 3.63) is 78.6 Å². The summed E-state index contributed by atoms with van der Waals surface area (Å²) in [5.74, 6) is -0.374. The molecule has 2 heterocycles. The molecule has 2 aromatic carbocycles. The van der Waals surface area contributed by atoms with Gasteiger partial charge in [0.2, 0.25) is 5.91 Å². The summed E-state index contributed by atoms with van der Waals surface area (Å²) in [4.78, 5) is 24.7. The first kappa shape index (κ1) is 17.7. The van der Waals surface area contributed by atoms with E-state index in [1.165, 1.54) is 5.01 Å². The van der Waals surface area contributed by atoms with Gasteiger partial charge < -0.3 is 5.32 Å². The molecule has 1 aliphatic heterocycles. The highest BCUT2D eigenvalue weighted by Gasteiger charge is 2.25. The van der Waals surface area contributed by atoms with Crippen molar-refractivity contribution in [2.75, 3.05) is 5.01 Å². The molecule has 0 unspecified atom stereocenters. The Morgan fingerprint density at radius 3 is 2.46 bits per heavy atom. The highest BCUT2D eigenvalue weighted by atomic mass is 16.2. The van der Waals surface area contributed by atoms with E-state index in [2.05, 4.69) is 15.5 Å². The summed E-state index contributed by atoms with van der Waals surface area (Å²) in [6.45, 7) is 0.385. The monoisotopic (exact) mass is 373 g/mol. The number of anilines is 1. The number of carbonyl (C=O) groups is 2. The number of para-hydroxylation sites is 1. The van der Waals surface area contributed by atoms with E-state index >= 15 is 0 Å². The van der Waals surface area contributed by atoms with Crippen LogP contribution < -0.4 is 10.3 Å². The Hall–Kier alpha value is -3.74. The zero-order valence-corrected chi connectivity index (χ0v) is 15.2. The molecular formula is C21H19N5O2. The maximum Gasteiger partial charge on any atom is 0.267 e. The predicted molar refractivity (Wildman–Crippen MR) is 106 cm³/mol. The van der Waals surface area contributed by atoms with Crippen LogP contribution in [0.15, 0.2) is 78.2 Å². The van der Waals surface area contributed by atoms with Crippen LogP contribution in [0.25, 0.3) is 5.69 Å². The number of hydrogen-bond acceptors (Lipinski definition) is 4. The Labute approximate surface area is 162 Å². The van der Waals surface area contributed by atoms with E-state index in [0.29, 0.717) is 24.4 Å². The van der Waals surface area contributed by atoms with Crippen LogP contribution in [0.1, 0.15) is 18.4 Å². The molecule has 140 valence electrons. The van der Waals surface area contributed by atoms with Crippen LogP contribution in [0.2, 0.25) is 0 Å². The lowest BCUT2D eigenvalue weighted by atomic mass is 10.1. The standard InChI is InChI=1S/C21H19N5O2/c27-20-12-11-19(24-26(20)18-5-2-1-3-6-18)21(28)22-15-16-7-9-17(10-8-16)25-14-4-13-23-25/h1-10,13-14H,11-12,15H2,(H,22,28). The molecule has 0 radical (unpaired) electrons. The van der Waals surface area contributed by atoms with E-state index in [0.717, 1.165) is 11.3 Å². The van der Waals surface area contributed by atoms with Crippen molar-refractivity contribution in [2.24, 2.45) is 5.10 Å². The van der Waals surface area contributed by atoms with Crippen LogP contribution in [0.4, 0.5) is 5.69 Å². The van der Waals surface area contributed by atoms with Gasteiger partial charge in [0.1, 0.15) is 5.71 Å². The van der Waals surface area contributed by atoms with Crippen molar-refractivity contribution >= 4 is 23.2 Å². The molecule has 0 spiro atoms. The Morgan fingerprint density at radius 1 is 0.964 bits per heavy atom.